The summed E-state index contributed by atoms with van der Waals surface area (Å²) in [5.74, 6) is 1.16. The standard InChI is InChI=1S/C25H27N7O/c1-17-21(20-15-28-31(3)16-20)5-4-19-14-27-23(13-22(17)19)29-25(33)18-6-7-26-24(12-18)32-10-8-30(2)9-11-32/h4-7,12-16H,8-11H2,1-3H3,(H,27,29,33). The zero-order valence-electron chi connectivity index (χ0n) is 19.1. The third-order valence-electron chi connectivity index (χ3n) is 6.26. The van der Waals surface area contributed by atoms with Gasteiger partial charge in [-0.15, -0.1) is 0 Å². The highest BCUT2D eigenvalue weighted by atomic mass is 16.1. The summed E-state index contributed by atoms with van der Waals surface area (Å²) < 4.78 is 1.79. The Morgan fingerprint density at radius 2 is 1.82 bits per heavy atom. The van der Waals surface area contributed by atoms with Crippen LogP contribution < -0.4 is 10.2 Å². The molecule has 4 aromatic rings. The number of nitrogens with zero attached hydrogens (tertiary/aromatic N) is 6. The Balaban J connectivity index is 1.39. The number of carbonyl (C=O) groups is 1. The second kappa shape index (κ2) is 8.63. The average Bonchev–Trinajstić information content (AvgIpc) is 3.26. The van der Waals surface area contributed by atoms with Gasteiger partial charge in [0, 0.05) is 68.3 Å². The van der Waals surface area contributed by atoms with Crippen LogP contribution in [0, 0.1) is 6.92 Å². The lowest BCUT2D eigenvalue weighted by Crippen LogP contribution is -2.44. The number of amides is 1. The van der Waals surface area contributed by atoms with Gasteiger partial charge in [-0.3, -0.25) is 9.48 Å². The molecule has 33 heavy (non-hydrogen) atoms. The summed E-state index contributed by atoms with van der Waals surface area (Å²) in [5.41, 5.74) is 3.87. The van der Waals surface area contributed by atoms with Crippen molar-refractivity contribution >= 4 is 28.3 Å². The number of piperazine rings is 1. The van der Waals surface area contributed by atoms with E-state index in [9.17, 15) is 4.79 Å². The minimum absolute atomic E-state index is 0.194. The number of aromatic nitrogens is 4. The third kappa shape index (κ3) is 4.29. The molecule has 0 unspecified atom stereocenters. The molecule has 0 saturated carbocycles. The second-order valence-corrected chi connectivity index (χ2v) is 8.58. The van der Waals surface area contributed by atoms with Gasteiger partial charge in [0.05, 0.1) is 6.20 Å². The van der Waals surface area contributed by atoms with Crippen LogP contribution in [0.1, 0.15) is 15.9 Å². The minimum Gasteiger partial charge on any atom is -0.354 e. The Hall–Kier alpha value is -3.78. The third-order valence-corrected chi connectivity index (χ3v) is 6.26. The molecule has 8 heteroatoms. The van der Waals surface area contributed by atoms with Crippen LogP contribution in [0.3, 0.4) is 0 Å². The monoisotopic (exact) mass is 441 g/mol. The molecule has 0 atom stereocenters. The molecule has 1 N–H and O–H groups in total. The number of nitrogens with one attached hydrogen (secondary N) is 1. The smallest absolute Gasteiger partial charge is 0.257 e. The number of fused-ring (bicyclic) bond motifs is 1. The fraction of sp³-hybridized carbons (Fsp3) is 0.280. The Kier molecular flexibility index (Phi) is 5.51. The lowest BCUT2D eigenvalue weighted by atomic mass is 9.98. The number of hydrogen-bond acceptors (Lipinski definition) is 6. The van der Waals surface area contributed by atoms with Crippen molar-refractivity contribution in [3.05, 3.63) is 66.2 Å². The molecule has 1 aliphatic heterocycles. The molecular weight excluding hydrogens is 414 g/mol. The molecule has 4 heterocycles. The summed E-state index contributed by atoms with van der Waals surface area (Å²) in [4.78, 5) is 26.4. The van der Waals surface area contributed by atoms with E-state index in [1.807, 2.05) is 31.6 Å². The van der Waals surface area contributed by atoms with Crippen molar-refractivity contribution in [1.82, 2.24) is 24.6 Å². The van der Waals surface area contributed by atoms with Crippen LogP contribution in [0.4, 0.5) is 11.6 Å². The maximum absolute atomic E-state index is 13.0. The molecule has 0 spiro atoms. The minimum atomic E-state index is -0.194. The van der Waals surface area contributed by atoms with E-state index in [2.05, 4.69) is 56.3 Å². The summed E-state index contributed by atoms with van der Waals surface area (Å²) in [7, 11) is 4.03. The quantitative estimate of drug-likeness (QED) is 0.523. The maximum Gasteiger partial charge on any atom is 0.257 e. The first-order chi connectivity index (χ1) is 16.0. The van der Waals surface area contributed by atoms with Crippen molar-refractivity contribution in [3.63, 3.8) is 0 Å². The molecule has 1 saturated heterocycles. The number of benzene rings is 1. The molecule has 1 fully saturated rings. The first kappa shape index (κ1) is 21.1. The molecule has 3 aromatic heterocycles. The molecule has 0 bridgehead atoms. The highest BCUT2D eigenvalue weighted by Crippen LogP contribution is 2.30. The van der Waals surface area contributed by atoms with E-state index in [-0.39, 0.29) is 5.91 Å². The van der Waals surface area contributed by atoms with Crippen molar-refractivity contribution in [2.75, 3.05) is 43.4 Å². The number of hydrogen-bond donors (Lipinski definition) is 1. The summed E-state index contributed by atoms with van der Waals surface area (Å²) in [6.07, 6.45) is 7.35. The van der Waals surface area contributed by atoms with E-state index in [0.717, 1.165) is 59.5 Å². The van der Waals surface area contributed by atoms with Crippen LogP contribution >= 0.6 is 0 Å². The molecule has 8 nitrogen and oxygen atoms in total. The summed E-state index contributed by atoms with van der Waals surface area (Å²) >= 11 is 0. The van der Waals surface area contributed by atoms with E-state index >= 15 is 0 Å². The van der Waals surface area contributed by atoms with Crippen molar-refractivity contribution in [2.24, 2.45) is 7.05 Å². The SMILES string of the molecule is Cc1c(-c2cnn(C)c2)ccc2cnc(NC(=O)c3ccnc(N4CCN(C)CC4)c3)cc12. The van der Waals surface area contributed by atoms with Gasteiger partial charge in [0.25, 0.3) is 5.91 Å². The largest absolute Gasteiger partial charge is 0.354 e. The molecule has 1 amide bonds. The first-order valence-corrected chi connectivity index (χ1v) is 11.1. The normalized spacial score (nSPS) is 14.6. The van der Waals surface area contributed by atoms with Gasteiger partial charge in [-0.2, -0.15) is 5.10 Å². The zero-order chi connectivity index (χ0) is 22.9. The summed E-state index contributed by atoms with van der Waals surface area (Å²) in [5, 5.41) is 9.32. The van der Waals surface area contributed by atoms with Crippen molar-refractivity contribution < 1.29 is 4.79 Å². The lowest BCUT2D eigenvalue weighted by molar-refractivity contribution is 0.102. The van der Waals surface area contributed by atoms with Crippen molar-refractivity contribution in [1.29, 1.82) is 0 Å². The second-order valence-electron chi connectivity index (χ2n) is 8.58. The Morgan fingerprint density at radius 1 is 1.00 bits per heavy atom. The van der Waals surface area contributed by atoms with E-state index in [1.165, 1.54) is 0 Å². The van der Waals surface area contributed by atoms with Crippen LogP contribution in [-0.4, -0.2) is 63.8 Å². The Bertz CT molecular complexity index is 1320. The van der Waals surface area contributed by atoms with E-state index in [0.29, 0.717) is 11.4 Å². The van der Waals surface area contributed by atoms with Gasteiger partial charge in [0.15, 0.2) is 0 Å². The molecule has 0 aliphatic carbocycles. The Morgan fingerprint density at radius 3 is 2.58 bits per heavy atom. The predicted octanol–water partition coefficient (Wildman–Crippen LogP) is 3.34. The van der Waals surface area contributed by atoms with Crippen LogP contribution in [0.25, 0.3) is 21.9 Å². The van der Waals surface area contributed by atoms with Crippen LogP contribution in [-0.2, 0) is 7.05 Å². The summed E-state index contributed by atoms with van der Waals surface area (Å²) in [6.45, 7) is 5.86. The Labute approximate surface area is 192 Å². The number of anilines is 2. The number of aryl methyl sites for hydroxylation is 2. The highest BCUT2D eigenvalue weighted by molar-refractivity contribution is 6.05. The number of likely N-dealkylation sites (N-methyl/N-ethyl adjacent to an activating group) is 1. The van der Waals surface area contributed by atoms with Gasteiger partial charge in [-0.1, -0.05) is 12.1 Å². The molecule has 1 aliphatic rings. The van der Waals surface area contributed by atoms with E-state index < -0.39 is 0 Å². The number of rotatable bonds is 4. The molecule has 0 radical (unpaired) electrons. The van der Waals surface area contributed by atoms with Crippen molar-refractivity contribution in [3.8, 4) is 11.1 Å². The van der Waals surface area contributed by atoms with E-state index in [4.69, 9.17) is 0 Å². The molecule has 5 rings (SSSR count). The van der Waals surface area contributed by atoms with Crippen LogP contribution in [0.15, 0.2) is 55.1 Å². The molecular formula is C25H27N7O. The van der Waals surface area contributed by atoms with Crippen LogP contribution in [0.5, 0.6) is 0 Å². The fourth-order valence-electron chi connectivity index (χ4n) is 4.26. The molecule has 168 valence electrons. The molecule has 1 aromatic carbocycles. The number of pyridine rings is 2. The maximum atomic E-state index is 13.0. The first-order valence-electron chi connectivity index (χ1n) is 11.1. The zero-order valence-corrected chi connectivity index (χ0v) is 19.1. The van der Waals surface area contributed by atoms with Gasteiger partial charge in [0.1, 0.15) is 11.6 Å². The van der Waals surface area contributed by atoms with Gasteiger partial charge < -0.3 is 15.1 Å². The fourth-order valence-corrected chi connectivity index (χ4v) is 4.26. The average molecular weight is 442 g/mol. The highest BCUT2D eigenvalue weighted by Gasteiger charge is 2.17. The van der Waals surface area contributed by atoms with Crippen molar-refractivity contribution in [2.45, 2.75) is 6.92 Å². The topological polar surface area (TPSA) is 79.2 Å². The lowest BCUT2D eigenvalue weighted by Gasteiger charge is -2.33. The van der Waals surface area contributed by atoms with Gasteiger partial charge >= 0.3 is 0 Å². The summed E-state index contributed by atoms with van der Waals surface area (Å²) in [6, 6.07) is 9.67. The van der Waals surface area contributed by atoms with Gasteiger partial charge in [-0.05, 0) is 48.7 Å². The van der Waals surface area contributed by atoms with Crippen LogP contribution in [0.2, 0.25) is 0 Å². The van der Waals surface area contributed by atoms with E-state index in [1.54, 1.807) is 23.1 Å². The number of carbonyl (C=O) groups excluding carboxylic acids is 1. The van der Waals surface area contributed by atoms with Gasteiger partial charge in [-0.25, -0.2) is 9.97 Å². The van der Waals surface area contributed by atoms with Gasteiger partial charge in [0.2, 0.25) is 0 Å². The predicted molar refractivity (Wildman–Crippen MR) is 131 cm³/mol.